The van der Waals surface area contributed by atoms with Crippen molar-refractivity contribution < 1.29 is 9.90 Å². The van der Waals surface area contributed by atoms with Gasteiger partial charge in [-0.05, 0) is 39.2 Å². The van der Waals surface area contributed by atoms with Crippen molar-refractivity contribution in [3.05, 3.63) is 23.5 Å². The standard InChI is InChI=1S/C17H24N4O2/c1-4-12(3)21-16-15(9-18-21)14(8-11(2)19-16)17(23)20-7-5-6-13(22)10-20/h8-9,12-13,22H,4-7,10H2,1-3H3. The van der Waals surface area contributed by atoms with Crippen LogP contribution in [0, 0.1) is 6.92 Å². The Morgan fingerprint density at radius 3 is 3.00 bits per heavy atom. The minimum absolute atomic E-state index is 0.0389. The summed E-state index contributed by atoms with van der Waals surface area (Å²) in [5.41, 5.74) is 2.21. The van der Waals surface area contributed by atoms with E-state index in [2.05, 4.69) is 23.9 Å². The van der Waals surface area contributed by atoms with Crippen LogP contribution in [0.5, 0.6) is 0 Å². The number of aliphatic hydroxyl groups excluding tert-OH is 1. The van der Waals surface area contributed by atoms with Crippen molar-refractivity contribution in [2.75, 3.05) is 13.1 Å². The van der Waals surface area contributed by atoms with Crippen LogP contribution in [0.25, 0.3) is 11.0 Å². The van der Waals surface area contributed by atoms with Gasteiger partial charge in [0, 0.05) is 18.8 Å². The second kappa shape index (κ2) is 6.28. The number of fused-ring (bicyclic) bond motifs is 1. The van der Waals surface area contributed by atoms with Gasteiger partial charge in [-0.3, -0.25) is 4.79 Å². The number of carbonyl (C=O) groups excluding carboxylic acids is 1. The summed E-state index contributed by atoms with van der Waals surface area (Å²) < 4.78 is 1.89. The van der Waals surface area contributed by atoms with Crippen LogP contribution in [0.2, 0.25) is 0 Å². The molecule has 3 rings (SSSR count). The maximum atomic E-state index is 12.9. The Kier molecular flexibility index (Phi) is 4.35. The molecule has 1 aliphatic rings. The molecular formula is C17H24N4O2. The number of amides is 1. The first-order valence-electron chi connectivity index (χ1n) is 8.33. The number of carbonyl (C=O) groups is 1. The maximum Gasteiger partial charge on any atom is 0.254 e. The fourth-order valence-electron chi connectivity index (χ4n) is 3.13. The fraction of sp³-hybridized carbons (Fsp3) is 0.588. The molecule has 1 saturated heterocycles. The van der Waals surface area contributed by atoms with Crippen molar-refractivity contribution in [3.8, 4) is 0 Å². The Labute approximate surface area is 136 Å². The normalized spacial score (nSPS) is 20.0. The Hall–Kier alpha value is -1.95. The molecule has 3 heterocycles. The van der Waals surface area contributed by atoms with Gasteiger partial charge in [0.1, 0.15) is 0 Å². The van der Waals surface area contributed by atoms with Crippen LogP contribution in [0.1, 0.15) is 55.2 Å². The van der Waals surface area contributed by atoms with Crippen molar-refractivity contribution in [2.45, 2.75) is 52.2 Å². The van der Waals surface area contributed by atoms with Gasteiger partial charge >= 0.3 is 0 Å². The van der Waals surface area contributed by atoms with Crippen molar-refractivity contribution in [2.24, 2.45) is 0 Å². The third-order valence-electron chi connectivity index (χ3n) is 4.62. The van der Waals surface area contributed by atoms with Gasteiger partial charge in [-0.2, -0.15) is 5.10 Å². The molecule has 23 heavy (non-hydrogen) atoms. The number of β-amino-alcohol motifs (C(OH)–C–C–N with tert-alkyl or cyclic N) is 1. The van der Waals surface area contributed by atoms with Gasteiger partial charge in [0.2, 0.25) is 0 Å². The van der Waals surface area contributed by atoms with E-state index in [4.69, 9.17) is 0 Å². The third kappa shape index (κ3) is 2.95. The summed E-state index contributed by atoms with van der Waals surface area (Å²) in [6, 6.07) is 2.07. The Balaban J connectivity index is 2.03. The molecule has 0 saturated carbocycles. The predicted octanol–water partition coefficient (Wildman–Crippen LogP) is 2.31. The lowest BCUT2D eigenvalue weighted by molar-refractivity contribution is 0.0475. The number of rotatable bonds is 3. The lowest BCUT2D eigenvalue weighted by atomic mass is 10.1. The van der Waals surface area contributed by atoms with E-state index in [-0.39, 0.29) is 11.9 Å². The van der Waals surface area contributed by atoms with E-state index < -0.39 is 6.10 Å². The molecule has 0 bridgehead atoms. The van der Waals surface area contributed by atoms with Gasteiger partial charge in [-0.1, -0.05) is 6.92 Å². The minimum Gasteiger partial charge on any atom is -0.391 e. The number of aromatic nitrogens is 3. The number of hydrogen-bond acceptors (Lipinski definition) is 4. The molecule has 1 N–H and O–H groups in total. The molecule has 124 valence electrons. The molecule has 1 amide bonds. The number of hydrogen-bond donors (Lipinski definition) is 1. The summed E-state index contributed by atoms with van der Waals surface area (Å²) in [5, 5.41) is 15.1. The zero-order valence-corrected chi connectivity index (χ0v) is 14.0. The Morgan fingerprint density at radius 1 is 1.52 bits per heavy atom. The van der Waals surface area contributed by atoms with Crippen molar-refractivity contribution >= 4 is 16.9 Å². The average Bonchev–Trinajstić information content (AvgIpc) is 2.96. The summed E-state index contributed by atoms with van der Waals surface area (Å²) >= 11 is 0. The van der Waals surface area contributed by atoms with Gasteiger partial charge in [0.25, 0.3) is 5.91 Å². The Morgan fingerprint density at radius 2 is 2.30 bits per heavy atom. The molecule has 2 atom stereocenters. The zero-order valence-electron chi connectivity index (χ0n) is 14.0. The van der Waals surface area contributed by atoms with E-state index in [1.54, 1.807) is 11.1 Å². The van der Waals surface area contributed by atoms with Crippen LogP contribution in [0.3, 0.4) is 0 Å². The summed E-state index contributed by atoms with van der Waals surface area (Å²) in [4.78, 5) is 19.2. The van der Waals surface area contributed by atoms with Gasteiger partial charge in [0.15, 0.2) is 5.65 Å². The molecule has 2 unspecified atom stereocenters. The van der Waals surface area contributed by atoms with E-state index in [9.17, 15) is 9.90 Å². The molecule has 0 radical (unpaired) electrons. The highest BCUT2D eigenvalue weighted by Gasteiger charge is 2.26. The van der Waals surface area contributed by atoms with E-state index in [1.165, 1.54) is 0 Å². The van der Waals surface area contributed by atoms with Crippen molar-refractivity contribution in [1.29, 1.82) is 0 Å². The molecule has 2 aromatic rings. The molecule has 0 spiro atoms. The molecule has 2 aromatic heterocycles. The number of piperidine rings is 1. The highest BCUT2D eigenvalue weighted by atomic mass is 16.3. The van der Waals surface area contributed by atoms with Crippen LogP contribution < -0.4 is 0 Å². The summed E-state index contributed by atoms with van der Waals surface area (Å²) in [6.07, 6.45) is 3.87. The summed E-state index contributed by atoms with van der Waals surface area (Å²) in [6.45, 7) is 7.20. The monoisotopic (exact) mass is 316 g/mol. The first-order valence-corrected chi connectivity index (χ1v) is 8.33. The first kappa shape index (κ1) is 15.9. The molecular weight excluding hydrogens is 292 g/mol. The van der Waals surface area contributed by atoms with Gasteiger partial charge in [-0.15, -0.1) is 0 Å². The molecule has 1 fully saturated rings. The minimum atomic E-state index is -0.422. The quantitative estimate of drug-likeness (QED) is 0.943. The van der Waals surface area contributed by atoms with Gasteiger partial charge in [0.05, 0.1) is 29.3 Å². The second-order valence-corrected chi connectivity index (χ2v) is 6.44. The lowest BCUT2D eigenvalue weighted by Crippen LogP contribution is -2.42. The topological polar surface area (TPSA) is 71.2 Å². The highest BCUT2D eigenvalue weighted by Crippen LogP contribution is 2.24. The van der Waals surface area contributed by atoms with E-state index in [1.807, 2.05) is 17.7 Å². The van der Waals surface area contributed by atoms with Gasteiger partial charge in [-0.25, -0.2) is 9.67 Å². The lowest BCUT2D eigenvalue weighted by Gasteiger charge is -2.30. The van der Waals surface area contributed by atoms with Crippen molar-refractivity contribution in [1.82, 2.24) is 19.7 Å². The molecule has 0 aliphatic carbocycles. The van der Waals surface area contributed by atoms with Crippen LogP contribution in [0.15, 0.2) is 12.3 Å². The number of aliphatic hydroxyl groups is 1. The van der Waals surface area contributed by atoms with E-state index in [0.29, 0.717) is 18.7 Å². The SMILES string of the molecule is CCC(C)n1ncc2c(C(=O)N3CCCC(O)C3)cc(C)nc21. The number of pyridine rings is 1. The van der Waals surface area contributed by atoms with E-state index in [0.717, 1.165) is 36.0 Å². The number of aryl methyl sites for hydroxylation is 1. The fourth-order valence-corrected chi connectivity index (χ4v) is 3.13. The Bertz CT molecular complexity index is 725. The summed E-state index contributed by atoms with van der Waals surface area (Å²) in [7, 11) is 0. The number of likely N-dealkylation sites (tertiary alicyclic amines) is 1. The van der Waals surface area contributed by atoms with Gasteiger partial charge < -0.3 is 10.0 Å². The van der Waals surface area contributed by atoms with Crippen LogP contribution >= 0.6 is 0 Å². The molecule has 6 nitrogen and oxygen atoms in total. The summed E-state index contributed by atoms with van der Waals surface area (Å²) in [5.74, 6) is -0.0389. The predicted molar refractivity (Wildman–Crippen MR) is 88.4 cm³/mol. The van der Waals surface area contributed by atoms with Crippen LogP contribution in [-0.2, 0) is 0 Å². The van der Waals surface area contributed by atoms with Crippen LogP contribution in [0.4, 0.5) is 0 Å². The molecule has 1 aliphatic heterocycles. The number of nitrogens with zero attached hydrogens (tertiary/aromatic N) is 4. The van der Waals surface area contributed by atoms with Crippen LogP contribution in [-0.4, -0.2) is 49.9 Å². The van der Waals surface area contributed by atoms with Crippen molar-refractivity contribution in [3.63, 3.8) is 0 Å². The maximum absolute atomic E-state index is 12.9. The van der Waals surface area contributed by atoms with E-state index >= 15 is 0 Å². The molecule has 6 heteroatoms. The molecule has 0 aromatic carbocycles. The zero-order chi connectivity index (χ0) is 16.6. The second-order valence-electron chi connectivity index (χ2n) is 6.44. The highest BCUT2D eigenvalue weighted by molar-refractivity contribution is 6.05. The average molecular weight is 316 g/mol. The first-order chi connectivity index (χ1) is 11.0. The smallest absolute Gasteiger partial charge is 0.254 e. The largest absolute Gasteiger partial charge is 0.391 e. The third-order valence-corrected chi connectivity index (χ3v) is 4.62.